The van der Waals surface area contributed by atoms with Crippen LogP contribution in [0.2, 0.25) is 0 Å². The zero-order chi connectivity index (χ0) is 10.3. The highest BCUT2D eigenvalue weighted by atomic mass is 14.7. The molecule has 2 heteroatoms. The van der Waals surface area contributed by atoms with Gasteiger partial charge in [0.15, 0.2) is 0 Å². The van der Waals surface area contributed by atoms with Gasteiger partial charge in [0.2, 0.25) is 0 Å². The van der Waals surface area contributed by atoms with Crippen molar-refractivity contribution in [2.45, 2.75) is 20.8 Å². The Balaban J connectivity index is 2.95. The van der Waals surface area contributed by atoms with E-state index in [4.69, 9.17) is 5.73 Å². The normalized spacial score (nSPS) is 10.8. The molecule has 0 aliphatic rings. The van der Waals surface area contributed by atoms with E-state index in [1.54, 1.807) is 0 Å². The number of hydrogen-bond acceptors (Lipinski definition) is 2. The van der Waals surface area contributed by atoms with Gasteiger partial charge in [-0.3, -0.25) is 4.98 Å². The van der Waals surface area contributed by atoms with Crippen LogP contribution in [0.4, 0.5) is 5.69 Å². The number of nitrogens with zero attached hydrogens (tertiary/aromatic N) is 1. The van der Waals surface area contributed by atoms with E-state index < -0.39 is 0 Å². The Kier molecular flexibility index (Phi) is 1.92. The number of hydrogen-bond donors (Lipinski definition) is 1. The number of nitrogens with two attached hydrogens (primary N) is 1. The van der Waals surface area contributed by atoms with Gasteiger partial charge in [-0.15, -0.1) is 0 Å². The van der Waals surface area contributed by atoms with Gasteiger partial charge in [-0.05, 0) is 38.0 Å². The number of fused-ring (bicyclic) bond motifs is 1. The van der Waals surface area contributed by atoms with Crippen LogP contribution in [0.1, 0.15) is 16.8 Å². The Labute approximate surface area is 83.8 Å². The van der Waals surface area contributed by atoms with Crippen LogP contribution < -0.4 is 5.73 Å². The minimum absolute atomic E-state index is 0.800. The summed E-state index contributed by atoms with van der Waals surface area (Å²) in [6.45, 7) is 6.09. The smallest absolute Gasteiger partial charge is 0.0939 e. The van der Waals surface area contributed by atoms with Crippen molar-refractivity contribution in [3.05, 3.63) is 35.0 Å². The van der Waals surface area contributed by atoms with Crippen molar-refractivity contribution in [2.24, 2.45) is 0 Å². The second kappa shape index (κ2) is 2.98. The summed E-state index contributed by atoms with van der Waals surface area (Å²) in [5.74, 6) is 0. The molecule has 0 aliphatic carbocycles. The third-order valence-corrected chi connectivity index (χ3v) is 2.57. The minimum atomic E-state index is 0.800. The van der Waals surface area contributed by atoms with E-state index in [0.29, 0.717) is 0 Å². The van der Waals surface area contributed by atoms with E-state index in [2.05, 4.69) is 24.0 Å². The molecule has 1 aromatic heterocycles. The lowest BCUT2D eigenvalue weighted by Crippen LogP contribution is -1.96. The van der Waals surface area contributed by atoms with Crippen LogP contribution >= 0.6 is 0 Å². The maximum atomic E-state index is 5.99. The highest BCUT2D eigenvalue weighted by Crippen LogP contribution is 2.26. The molecule has 2 nitrogen and oxygen atoms in total. The monoisotopic (exact) mass is 186 g/mol. The quantitative estimate of drug-likeness (QED) is 0.642. The standard InChI is InChI=1S/C12H14N2/c1-7-6-8(2)11(13)12-10(7)5-4-9(3)14-12/h4-6H,13H2,1-3H3. The summed E-state index contributed by atoms with van der Waals surface area (Å²) in [6, 6.07) is 6.21. The molecular weight excluding hydrogens is 172 g/mol. The maximum absolute atomic E-state index is 5.99. The molecule has 72 valence electrons. The van der Waals surface area contributed by atoms with Crippen molar-refractivity contribution >= 4 is 16.6 Å². The molecule has 0 unspecified atom stereocenters. The van der Waals surface area contributed by atoms with Crippen molar-refractivity contribution in [3.63, 3.8) is 0 Å². The molecule has 14 heavy (non-hydrogen) atoms. The van der Waals surface area contributed by atoms with Gasteiger partial charge < -0.3 is 5.73 Å². The van der Waals surface area contributed by atoms with E-state index >= 15 is 0 Å². The van der Waals surface area contributed by atoms with Gasteiger partial charge in [-0.1, -0.05) is 12.1 Å². The predicted molar refractivity (Wildman–Crippen MR) is 60.4 cm³/mol. The first-order chi connectivity index (χ1) is 6.59. The summed E-state index contributed by atoms with van der Waals surface area (Å²) in [5.41, 5.74) is 11.1. The van der Waals surface area contributed by atoms with Crippen LogP contribution in [0.3, 0.4) is 0 Å². The lowest BCUT2D eigenvalue weighted by molar-refractivity contribution is 1.25. The van der Waals surface area contributed by atoms with Gasteiger partial charge in [0.1, 0.15) is 0 Å². The van der Waals surface area contributed by atoms with E-state index in [9.17, 15) is 0 Å². The molecule has 0 saturated heterocycles. The number of aryl methyl sites for hydroxylation is 3. The Morgan fingerprint density at radius 1 is 1.07 bits per heavy atom. The van der Waals surface area contributed by atoms with Crippen molar-refractivity contribution in [3.8, 4) is 0 Å². The summed E-state index contributed by atoms with van der Waals surface area (Å²) in [4.78, 5) is 4.47. The van der Waals surface area contributed by atoms with Gasteiger partial charge in [0.25, 0.3) is 0 Å². The third-order valence-electron chi connectivity index (χ3n) is 2.57. The van der Waals surface area contributed by atoms with Gasteiger partial charge in [0, 0.05) is 11.1 Å². The largest absolute Gasteiger partial charge is 0.397 e. The predicted octanol–water partition coefficient (Wildman–Crippen LogP) is 2.74. The number of benzene rings is 1. The number of pyridine rings is 1. The lowest BCUT2D eigenvalue weighted by atomic mass is 10.0. The van der Waals surface area contributed by atoms with Crippen molar-refractivity contribution < 1.29 is 0 Å². The Hall–Kier alpha value is -1.57. The van der Waals surface area contributed by atoms with Gasteiger partial charge in [-0.25, -0.2) is 0 Å². The summed E-state index contributed by atoms with van der Waals surface area (Å²) in [7, 11) is 0. The summed E-state index contributed by atoms with van der Waals surface area (Å²) < 4.78 is 0. The summed E-state index contributed by atoms with van der Waals surface area (Å²) in [6.07, 6.45) is 0. The van der Waals surface area contributed by atoms with Crippen LogP contribution in [-0.4, -0.2) is 4.98 Å². The molecule has 1 heterocycles. The Bertz CT molecular complexity index is 501. The maximum Gasteiger partial charge on any atom is 0.0939 e. The average Bonchev–Trinajstić information content (AvgIpc) is 2.14. The molecule has 1 aromatic carbocycles. The van der Waals surface area contributed by atoms with Gasteiger partial charge in [0.05, 0.1) is 11.2 Å². The summed E-state index contributed by atoms with van der Waals surface area (Å²) in [5, 5.41) is 1.15. The van der Waals surface area contributed by atoms with Crippen LogP contribution in [0.15, 0.2) is 18.2 Å². The molecule has 0 radical (unpaired) electrons. The number of nitrogen functional groups attached to an aromatic ring is 1. The Morgan fingerprint density at radius 3 is 2.50 bits per heavy atom. The second-order valence-corrected chi connectivity index (χ2v) is 3.77. The zero-order valence-electron chi connectivity index (χ0n) is 8.76. The molecule has 0 bridgehead atoms. The van der Waals surface area contributed by atoms with Crippen LogP contribution in [0.25, 0.3) is 10.9 Å². The highest BCUT2D eigenvalue weighted by Gasteiger charge is 2.05. The summed E-state index contributed by atoms with van der Waals surface area (Å²) >= 11 is 0. The topological polar surface area (TPSA) is 38.9 Å². The van der Waals surface area contributed by atoms with E-state index in [1.165, 1.54) is 5.56 Å². The third kappa shape index (κ3) is 1.23. The highest BCUT2D eigenvalue weighted by molar-refractivity contribution is 5.93. The van der Waals surface area contributed by atoms with Crippen LogP contribution in [-0.2, 0) is 0 Å². The number of rotatable bonds is 0. The first kappa shape index (κ1) is 9.00. The molecule has 2 aromatic rings. The molecular formula is C12H14N2. The molecule has 0 atom stereocenters. The SMILES string of the molecule is Cc1ccc2c(C)cc(C)c(N)c2n1. The fourth-order valence-electron chi connectivity index (χ4n) is 1.75. The van der Waals surface area contributed by atoms with Crippen molar-refractivity contribution in [1.82, 2.24) is 4.98 Å². The van der Waals surface area contributed by atoms with Crippen LogP contribution in [0.5, 0.6) is 0 Å². The molecule has 0 spiro atoms. The number of aromatic nitrogens is 1. The Morgan fingerprint density at radius 2 is 1.79 bits per heavy atom. The first-order valence-electron chi connectivity index (χ1n) is 4.72. The minimum Gasteiger partial charge on any atom is -0.397 e. The van der Waals surface area contributed by atoms with E-state index in [-0.39, 0.29) is 0 Å². The number of anilines is 1. The lowest BCUT2D eigenvalue weighted by Gasteiger charge is -2.08. The zero-order valence-corrected chi connectivity index (χ0v) is 8.76. The molecule has 2 rings (SSSR count). The fraction of sp³-hybridized carbons (Fsp3) is 0.250. The molecule has 0 amide bonds. The van der Waals surface area contributed by atoms with Crippen molar-refractivity contribution in [2.75, 3.05) is 5.73 Å². The fourth-order valence-corrected chi connectivity index (χ4v) is 1.75. The second-order valence-electron chi connectivity index (χ2n) is 3.77. The van der Waals surface area contributed by atoms with Crippen molar-refractivity contribution in [1.29, 1.82) is 0 Å². The average molecular weight is 186 g/mol. The molecule has 0 aliphatic heterocycles. The molecule has 0 fully saturated rings. The van der Waals surface area contributed by atoms with E-state index in [1.807, 2.05) is 19.9 Å². The van der Waals surface area contributed by atoms with Crippen LogP contribution in [0, 0.1) is 20.8 Å². The molecule has 0 saturated carbocycles. The first-order valence-corrected chi connectivity index (χ1v) is 4.72. The van der Waals surface area contributed by atoms with Gasteiger partial charge in [-0.2, -0.15) is 0 Å². The van der Waals surface area contributed by atoms with E-state index in [0.717, 1.165) is 27.8 Å². The van der Waals surface area contributed by atoms with Gasteiger partial charge >= 0.3 is 0 Å². The molecule has 2 N–H and O–H groups in total.